The van der Waals surface area contributed by atoms with Gasteiger partial charge in [-0.05, 0) is 29.2 Å². The lowest BCUT2D eigenvalue weighted by molar-refractivity contribution is 0.586. The smallest absolute Gasteiger partial charge is 0.0486 e. The van der Waals surface area contributed by atoms with Gasteiger partial charge in [-0.2, -0.15) is 0 Å². The van der Waals surface area contributed by atoms with Crippen LogP contribution in [-0.4, -0.2) is 4.57 Å². The van der Waals surface area contributed by atoms with Crippen molar-refractivity contribution in [1.82, 2.24) is 4.57 Å². The third kappa shape index (κ3) is 1.96. The Kier molecular flexibility index (Phi) is 2.39. The Hall–Kier alpha value is -1.50. The number of hydrogen-bond donors (Lipinski definition) is 0. The van der Waals surface area contributed by atoms with Gasteiger partial charge in [-0.1, -0.05) is 39.0 Å². The Bertz CT molecular complexity index is 433. The fourth-order valence-corrected chi connectivity index (χ4v) is 1.83. The van der Waals surface area contributed by atoms with Crippen molar-refractivity contribution in [1.29, 1.82) is 0 Å². The molecule has 0 aliphatic carbocycles. The second-order valence-corrected chi connectivity index (χ2v) is 4.86. The van der Waals surface area contributed by atoms with Crippen molar-refractivity contribution in [2.24, 2.45) is 0 Å². The summed E-state index contributed by atoms with van der Waals surface area (Å²) in [7, 11) is 0. The van der Waals surface area contributed by atoms with Crippen LogP contribution in [-0.2, 0) is 5.41 Å². The number of aromatic nitrogens is 1. The van der Waals surface area contributed by atoms with Gasteiger partial charge in [-0.25, -0.2) is 0 Å². The van der Waals surface area contributed by atoms with E-state index >= 15 is 0 Å². The first-order chi connectivity index (χ1) is 7.09. The van der Waals surface area contributed by atoms with Gasteiger partial charge < -0.3 is 4.57 Å². The van der Waals surface area contributed by atoms with Crippen LogP contribution in [0, 0.1) is 0 Å². The Morgan fingerprint density at radius 3 is 2.07 bits per heavy atom. The van der Waals surface area contributed by atoms with Gasteiger partial charge in [-0.15, -0.1) is 0 Å². The molecule has 1 heteroatoms. The van der Waals surface area contributed by atoms with E-state index in [1.807, 2.05) is 0 Å². The van der Waals surface area contributed by atoms with E-state index in [1.165, 1.54) is 11.3 Å². The van der Waals surface area contributed by atoms with Crippen LogP contribution in [0.2, 0.25) is 0 Å². The van der Waals surface area contributed by atoms with E-state index in [9.17, 15) is 0 Å². The van der Waals surface area contributed by atoms with Gasteiger partial charge in [0.05, 0.1) is 0 Å². The maximum atomic E-state index is 2.25. The third-order valence-electron chi connectivity index (χ3n) is 2.59. The lowest BCUT2D eigenvalue weighted by Gasteiger charge is -2.23. The minimum absolute atomic E-state index is 0.181. The summed E-state index contributed by atoms with van der Waals surface area (Å²) in [5.74, 6) is 0. The maximum absolute atomic E-state index is 2.25. The van der Waals surface area contributed by atoms with E-state index in [0.717, 1.165) is 0 Å². The molecule has 1 nitrogen and oxygen atoms in total. The summed E-state index contributed by atoms with van der Waals surface area (Å²) in [6, 6.07) is 12.7. The fourth-order valence-electron chi connectivity index (χ4n) is 1.83. The zero-order valence-corrected chi connectivity index (χ0v) is 9.57. The standard InChI is InChI=1S/C14H17N/c1-14(2,3)12-8-4-5-9-13(12)15-10-6-7-11-15/h4-11H,1-3H3. The molecule has 0 amide bonds. The molecule has 0 aliphatic rings. The first-order valence-electron chi connectivity index (χ1n) is 5.32. The summed E-state index contributed by atoms with van der Waals surface area (Å²) in [5, 5.41) is 0. The Morgan fingerprint density at radius 1 is 0.867 bits per heavy atom. The molecule has 2 aromatic rings. The summed E-state index contributed by atoms with van der Waals surface area (Å²) in [6.07, 6.45) is 4.18. The van der Waals surface area contributed by atoms with Crippen LogP contribution in [0.5, 0.6) is 0 Å². The fraction of sp³-hybridized carbons (Fsp3) is 0.286. The number of rotatable bonds is 1. The number of benzene rings is 1. The molecular weight excluding hydrogens is 182 g/mol. The predicted octanol–water partition coefficient (Wildman–Crippen LogP) is 3.77. The predicted molar refractivity (Wildman–Crippen MR) is 64.5 cm³/mol. The Balaban J connectivity index is 2.58. The van der Waals surface area contributed by atoms with Gasteiger partial charge in [-0.3, -0.25) is 0 Å². The molecule has 1 aromatic heterocycles. The second kappa shape index (κ2) is 3.58. The van der Waals surface area contributed by atoms with Crippen LogP contribution in [0.15, 0.2) is 48.8 Å². The van der Waals surface area contributed by atoms with Crippen molar-refractivity contribution in [2.45, 2.75) is 26.2 Å². The van der Waals surface area contributed by atoms with E-state index in [-0.39, 0.29) is 5.41 Å². The highest BCUT2D eigenvalue weighted by Gasteiger charge is 2.17. The maximum Gasteiger partial charge on any atom is 0.0486 e. The Labute approximate surface area is 91.4 Å². The molecule has 0 atom stereocenters. The molecule has 15 heavy (non-hydrogen) atoms. The van der Waals surface area contributed by atoms with Gasteiger partial charge in [0.1, 0.15) is 0 Å². The molecule has 0 saturated heterocycles. The van der Waals surface area contributed by atoms with Crippen molar-refractivity contribution < 1.29 is 0 Å². The van der Waals surface area contributed by atoms with Crippen molar-refractivity contribution in [3.63, 3.8) is 0 Å². The van der Waals surface area contributed by atoms with E-state index in [1.54, 1.807) is 0 Å². The van der Waals surface area contributed by atoms with E-state index in [4.69, 9.17) is 0 Å². The highest BCUT2D eigenvalue weighted by Crippen LogP contribution is 2.28. The summed E-state index contributed by atoms with van der Waals surface area (Å²) >= 11 is 0. The molecule has 0 unspecified atom stereocenters. The first-order valence-corrected chi connectivity index (χ1v) is 5.32. The van der Waals surface area contributed by atoms with Crippen LogP contribution < -0.4 is 0 Å². The molecule has 0 radical (unpaired) electrons. The molecule has 1 heterocycles. The van der Waals surface area contributed by atoms with Crippen molar-refractivity contribution >= 4 is 0 Å². The zero-order valence-electron chi connectivity index (χ0n) is 9.57. The highest BCUT2D eigenvalue weighted by atomic mass is 14.9. The summed E-state index contributed by atoms with van der Waals surface area (Å²) in [6.45, 7) is 6.74. The molecule has 78 valence electrons. The van der Waals surface area contributed by atoms with Crippen molar-refractivity contribution in [3.8, 4) is 5.69 Å². The molecule has 1 aromatic carbocycles. The first kappa shape index (κ1) is 10.0. The third-order valence-corrected chi connectivity index (χ3v) is 2.59. The number of hydrogen-bond acceptors (Lipinski definition) is 0. The summed E-state index contributed by atoms with van der Waals surface area (Å²) in [4.78, 5) is 0. The molecule has 0 aliphatic heterocycles. The van der Waals surface area contributed by atoms with E-state index in [0.29, 0.717) is 0 Å². The average Bonchev–Trinajstić information content (AvgIpc) is 2.69. The van der Waals surface area contributed by atoms with Crippen LogP contribution in [0.25, 0.3) is 5.69 Å². The van der Waals surface area contributed by atoms with Crippen molar-refractivity contribution in [3.05, 3.63) is 54.4 Å². The normalized spacial score (nSPS) is 11.7. The molecule has 2 rings (SSSR count). The Morgan fingerprint density at radius 2 is 1.47 bits per heavy atom. The second-order valence-electron chi connectivity index (χ2n) is 4.86. The quantitative estimate of drug-likeness (QED) is 0.658. The minimum atomic E-state index is 0.181. The molecule has 0 spiro atoms. The highest BCUT2D eigenvalue weighted by molar-refractivity contribution is 5.45. The van der Waals surface area contributed by atoms with E-state index in [2.05, 4.69) is 74.1 Å². The zero-order chi connectivity index (χ0) is 10.9. The molecular formula is C14H17N. The van der Waals surface area contributed by atoms with Crippen molar-refractivity contribution in [2.75, 3.05) is 0 Å². The van der Waals surface area contributed by atoms with Gasteiger partial charge >= 0.3 is 0 Å². The summed E-state index contributed by atoms with van der Waals surface area (Å²) < 4.78 is 2.17. The number of para-hydroxylation sites is 1. The monoisotopic (exact) mass is 199 g/mol. The van der Waals surface area contributed by atoms with Gasteiger partial charge in [0, 0.05) is 18.1 Å². The number of nitrogens with zero attached hydrogens (tertiary/aromatic N) is 1. The summed E-state index contributed by atoms with van der Waals surface area (Å²) in [5.41, 5.74) is 2.83. The molecule has 0 saturated carbocycles. The topological polar surface area (TPSA) is 4.93 Å². The van der Waals surface area contributed by atoms with E-state index < -0.39 is 0 Å². The van der Waals surface area contributed by atoms with Crippen LogP contribution in [0.3, 0.4) is 0 Å². The SMILES string of the molecule is CC(C)(C)c1ccccc1-n1cccc1. The average molecular weight is 199 g/mol. The van der Waals surface area contributed by atoms with Crippen LogP contribution in [0.1, 0.15) is 26.3 Å². The lowest BCUT2D eigenvalue weighted by Crippen LogP contribution is -2.14. The van der Waals surface area contributed by atoms with Gasteiger partial charge in [0.2, 0.25) is 0 Å². The van der Waals surface area contributed by atoms with Gasteiger partial charge in [0.15, 0.2) is 0 Å². The minimum Gasteiger partial charge on any atom is -0.324 e. The van der Waals surface area contributed by atoms with Crippen LogP contribution >= 0.6 is 0 Å². The van der Waals surface area contributed by atoms with Gasteiger partial charge in [0.25, 0.3) is 0 Å². The molecule has 0 fully saturated rings. The lowest BCUT2D eigenvalue weighted by atomic mass is 9.86. The molecule has 0 bridgehead atoms. The largest absolute Gasteiger partial charge is 0.324 e. The van der Waals surface area contributed by atoms with Crippen LogP contribution in [0.4, 0.5) is 0 Å². The molecule has 0 N–H and O–H groups in total.